The van der Waals surface area contributed by atoms with E-state index in [2.05, 4.69) is 4.98 Å². The average Bonchev–Trinajstić information content (AvgIpc) is 2.57. The van der Waals surface area contributed by atoms with Crippen LogP contribution < -0.4 is 5.73 Å². The summed E-state index contributed by atoms with van der Waals surface area (Å²) in [4.78, 5) is 3.91. The average molecular weight is 215 g/mol. The molecule has 2 N–H and O–H groups in total. The van der Waals surface area contributed by atoms with Crippen molar-refractivity contribution >= 4 is 5.52 Å². The van der Waals surface area contributed by atoms with Crippen LogP contribution in [0.2, 0.25) is 0 Å². The number of nitrogens with zero attached hydrogens (tertiary/aromatic N) is 2. The Balaban J connectivity index is 2.63. The summed E-state index contributed by atoms with van der Waals surface area (Å²) in [5, 5.41) is 0. The van der Waals surface area contributed by atoms with Crippen LogP contribution in [0.5, 0.6) is 0 Å². The number of hydrogen-bond acceptors (Lipinski definition) is 2. The lowest BCUT2D eigenvalue weighted by molar-refractivity contribution is -0.137. The summed E-state index contributed by atoms with van der Waals surface area (Å²) in [6.45, 7) is 0.107. The number of imidazole rings is 1. The highest BCUT2D eigenvalue weighted by Crippen LogP contribution is 2.29. The molecule has 2 rings (SSSR count). The fourth-order valence-corrected chi connectivity index (χ4v) is 1.36. The summed E-state index contributed by atoms with van der Waals surface area (Å²) in [5.41, 5.74) is 5.25. The molecule has 0 spiro atoms. The molecule has 0 saturated carbocycles. The summed E-state index contributed by atoms with van der Waals surface area (Å²) in [6, 6.07) is 2.40. The number of nitrogens with two attached hydrogens (primary N) is 1. The minimum absolute atomic E-state index is 0.107. The van der Waals surface area contributed by atoms with Crippen LogP contribution in [0.25, 0.3) is 5.52 Å². The molecule has 0 atom stereocenters. The van der Waals surface area contributed by atoms with Crippen LogP contribution >= 0.6 is 0 Å². The van der Waals surface area contributed by atoms with Gasteiger partial charge in [0.05, 0.1) is 23.8 Å². The molecular formula is C9H8F3N3. The van der Waals surface area contributed by atoms with Crippen molar-refractivity contribution < 1.29 is 13.2 Å². The largest absolute Gasteiger partial charge is 0.417 e. The van der Waals surface area contributed by atoms with Gasteiger partial charge >= 0.3 is 6.18 Å². The molecule has 0 radical (unpaired) electrons. The first-order valence-electron chi connectivity index (χ1n) is 4.25. The predicted octanol–water partition coefficient (Wildman–Crippen LogP) is 1.81. The molecule has 15 heavy (non-hydrogen) atoms. The Bertz CT molecular complexity index is 487. The topological polar surface area (TPSA) is 43.3 Å². The van der Waals surface area contributed by atoms with E-state index < -0.39 is 11.7 Å². The van der Waals surface area contributed by atoms with Crippen molar-refractivity contribution in [1.29, 1.82) is 0 Å². The third kappa shape index (κ3) is 1.68. The molecule has 2 heterocycles. The van der Waals surface area contributed by atoms with Crippen molar-refractivity contribution in [3.63, 3.8) is 0 Å². The second kappa shape index (κ2) is 3.23. The Morgan fingerprint density at radius 1 is 1.33 bits per heavy atom. The highest BCUT2D eigenvalue weighted by Gasteiger charge is 2.30. The molecule has 0 amide bonds. The summed E-state index contributed by atoms with van der Waals surface area (Å²) in [5.74, 6) is 0.413. The molecule has 6 heteroatoms. The van der Waals surface area contributed by atoms with Crippen molar-refractivity contribution in [2.75, 3.05) is 0 Å². The van der Waals surface area contributed by atoms with E-state index in [1.54, 1.807) is 0 Å². The van der Waals surface area contributed by atoms with E-state index in [-0.39, 0.29) is 6.54 Å². The van der Waals surface area contributed by atoms with Gasteiger partial charge in [-0.25, -0.2) is 4.98 Å². The van der Waals surface area contributed by atoms with Crippen molar-refractivity contribution in [2.24, 2.45) is 5.73 Å². The van der Waals surface area contributed by atoms with Crippen LogP contribution in [-0.2, 0) is 12.7 Å². The van der Waals surface area contributed by atoms with E-state index in [4.69, 9.17) is 5.73 Å². The van der Waals surface area contributed by atoms with Crippen LogP contribution in [0.3, 0.4) is 0 Å². The Morgan fingerprint density at radius 2 is 2.07 bits per heavy atom. The van der Waals surface area contributed by atoms with Gasteiger partial charge in [0.1, 0.15) is 5.82 Å². The number of alkyl halides is 3. The van der Waals surface area contributed by atoms with E-state index in [0.717, 1.165) is 12.3 Å². The van der Waals surface area contributed by atoms with Gasteiger partial charge < -0.3 is 10.1 Å². The molecule has 2 aromatic rings. The summed E-state index contributed by atoms with van der Waals surface area (Å²) in [6.07, 6.45) is -1.85. The van der Waals surface area contributed by atoms with Crippen LogP contribution in [0.15, 0.2) is 24.5 Å². The van der Waals surface area contributed by atoms with Gasteiger partial charge in [0.15, 0.2) is 0 Å². The minimum Gasteiger partial charge on any atom is -0.324 e. The number of aromatic nitrogens is 2. The predicted molar refractivity (Wildman–Crippen MR) is 48.1 cm³/mol. The lowest BCUT2D eigenvalue weighted by atomic mass is 10.2. The first-order valence-corrected chi connectivity index (χ1v) is 4.25. The van der Waals surface area contributed by atoms with Gasteiger partial charge in [-0.15, -0.1) is 0 Å². The van der Waals surface area contributed by atoms with Crippen molar-refractivity contribution in [1.82, 2.24) is 9.38 Å². The summed E-state index contributed by atoms with van der Waals surface area (Å²) in [7, 11) is 0. The molecule has 0 bridgehead atoms. The fourth-order valence-electron chi connectivity index (χ4n) is 1.36. The molecule has 2 aromatic heterocycles. The molecule has 3 nitrogen and oxygen atoms in total. The zero-order valence-electron chi connectivity index (χ0n) is 7.62. The molecular weight excluding hydrogens is 207 g/mol. The van der Waals surface area contributed by atoms with Gasteiger partial charge in [-0.3, -0.25) is 0 Å². The third-order valence-corrected chi connectivity index (χ3v) is 2.11. The minimum atomic E-state index is -4.34. The van der Waals surface area contributed by atoms with Gasteiger partial charge in [-0.05, 0) is 12.1 Å². The van der Waals surface area contributed by atoms with Crippen LogP contribution in [-0.4, -0.2) is 9.38 Å². The highest BCUT2D eigenvalue weighted by atomic mass is 19.4. The number of hydrogen-bond donors (Lipinski definition) is 1. The first kappa shape index (κ1) is 9.97. The molecule has 0 saturated heterocycles. The van der Waals surface area contributed by atoms with Gasteiger partial charge in [0.25, 0.3) is 0 Å². The number of pyridine rings is 1. The second-order valence-electron chi connectivity index (χ2n) is 3.09. The van der Waals surface area contributed by atoms with Gasteiger partial charge in [-0.1, -0.05) is 0 Å². The van der Waals surface area contributed by atoms with E-state index in [0.29, 0.717) is 11.3 Å². The molecule has 0 aliphatic rings. The lowest BCUT2D eigenvalue weighted by Crippen LogP contribution is -2.08. The van der Waals surface area contributed by atoms with Crippen LogP contribution in [0, 0.1) is 0 Å². The third-order valence-electron chi connectivity index (χ3n) is 2.11. The molecule has 0 aromatic carbocycles. The van der Waals surface area contributed by atoms with E-state index in [1.165, 1.54) is 16.7 Å². The Kier molecular flexibility index (Phi) is 2.15. The Hall–Kier alpha value is -1.56. The maximum atomic E-state index is 12.4. The van der Waals surface area contributed by atoms with E-state index >= 15 is 0 Å². The zero-order chi connectivity index (χ0) is 11.1. The van der Waals surface area contributed by atoms with Crippen LogP contribution in [0.4, 0.5) is 13.2 Å². The first-order chi connectivity index (χ1) is 7.02. The van der Waals surface area contributed by atoms with Gasteiger partial charge in [0, 0.05) is 6.20 Å². The quantitative estimate of drug-likeness (QED) is 0.788. The van der Waals surface area contributed by atoms with Gasteiger partial charge in [0.2, 0.25) is 0 Å². The molecule has 0 aliphatic heterocycles. The molecule has 0 aliphatic carbocycles. The van der Waals surface area contributed by atoms with E-state index in [1.807, 2.05) is 0 Å². The Labute approximate surface area is 83.3 Å². The summed E-state index contributed by atoms with van der Waals surface area (Å²) < 4.78 is 38.5. The fraction of sp³-hybridized carbons (Fsp3) is 0.222. The van der Waals surface area contributed by atoms with Crippen molar-refractivity contribution in [3.8, 4) is 0 Å². The molecule has 80 valence electrons. The summed E-state index contributed by atoms with van der Waals surface area (Å²) >= 11 is 0. The second-order valence-corrected chi connectivity index (χ2v) is 3.09. The highest BCUT2D eigenvalue weighted by molar-refractivity contribution is 5.47. The van der Waals surface area contributed by atoms with E-state index in [9.17, 15) is 13.2 Å². The van der Waals surface area contributed by atoms with Gasteiger partial charge in [-0.2, -0.15) is 13.2 Å². The number of fused-ring (bicyclic) bond motifs is 1. The normalized spacial score (nSPS) is 12.3. The maximum Gasteiger partial charge on any atom is 0.417 e. The van der Waals surface area contributed by atoms with Crippen LogP contribution in [0.1, 0.15) is 11.4 Å². The lowest BCUT2D eigenvalue weighted by Gasteiger charge is -2.07. The Morgan fingerprint density at radius 3 is 2.67 bits per heavy atom. The number of halogens is 3. The SMILES string of the molecule is NCc1ncc2ccc(C(F)(F)F)cn12. The molecule has 0 unspecified atom stereocenters. The maximum absolute atomic E-state index is 12.4. The van der Waals surface area contributed by atoms with Crippen molar-refractivity contribution in [3.05, 3.63) is 35.9 Å². The monoisotopic (exact) mass is 215 g/mol. The smallest absolute Gasteiger partial charge is 0.324 e. The standard InChI is InChI=1S/C9H8F3N3/c10-9(11,12)6-1-2-7-4-14-8(3-13)15(7)5-6/h1-2,4-5H,3,13H2. The van der Waals surface area contributed by atoms with Crippen molar-refractivity contribution in [2.45, 2.75) is 12.7 Å². The molecule has 0 fully saturated rings. The number of rotatable bonds is 1. The zero-order valence-corrected chi connectivity index (χ0v) is 7.62.